The molecular formula is C28H48ClN5O6. The van der Waals surface area contributed by atoms with Crippen LogP contribution in [-0.2, 0) is 19.2 Å². The lowest BCUT2D eigenvalue weighted by Crippen LogP contribution is -2.59. The van der Waals surface area contributed by atoms with Crippen molar-refractivity contribution in [2.45, 2.75) is 116 Å². The van der Waals surface area contributed by atoms with E-state index in [9.17, 15) is 29.1 Å². The molecule has 6 N–H and O–H groups in total. The largest absolute Gasteiger partial charge is 0.377 e. The van der Waals surface area contributed by atoms with Crippen LogP contribution in [0.1, 0.15) is 86.5 Å². The molecule has 0 aromatic rings. The predicted octanol–water partition coefficient (Wildman–Crippen LogP) is 2.03. The van der Waals surface area contributed by atoms with Crippen LogP contribution in [0.4, 0.5) is 4.79 Å². The van der Waals surface area contributed by atoms with Crippen molar-refractivity contribution in [3.05, 3.63) is 0 Å². The van der Waals surface area contributed by atoms with Crippen LogP contribution in [0.25, 0.3) is 0 Å². The number of primary amides is 1. The number of carbonyl (C=O) groups is 5. The van der Waals surface area contributed by atoms with Gasteiger partial charge >= 0.3 is 6.03 Å². The summed E-state index contributed by atoms with van der Waals surface area (Å²) in [6, 6.07) is -3.95. The van der Waals surface area contributed by atoms with Crippen molar-refractivity contribution in [3.8, 4) is 0 Å². The number of rotatable bonds is 13. The maximum absolute atomic E-state index is 13.8. The number of hydrogen-bond donors (Lipinski definition) is 5. The number of aliphatic hydroxyl groups excluding tert-OH is 1. The summed E-state index contributed by atoms with van der Waals surface area (Å²) in [5.41, 5.74) is 3.62. The molecule has 1 saturated carbocycles. The fourth-order valence-corrected chi connectivity index (χ4v) is 5.66. The Hall–Kier alpha value is -2.40. The summed E-state index contributed by atoms with van der Waals surface area (Å²) in [7, 11) is 0. The molecule has 2 aliphatic rings. The van der Waals surface area contributed by atoms with Gasteiger partial charge in [0.15, 0.2) is 0 Å². The third kappa shape index (κ3) is 8.80. The number of ketones is 1. The molecule has 7 unspecified atom stereocenters. The average molecular weight is 586 g/mol. The Morgan fingerprint density at radius 1 is 1.05 bits per heavy atom. The van der Waals surface area contributed by atoms with Gasteiger partial charge in [-0.15, -0.1) is 0 Å². The molecule has 0 bridgehead atoms. The highest BCUT2D eigenvalue weighted by atomic mass is 35.5. The van der Waals surface area contributed by atoms with Gasteiger partial charge in [0, 0.05) is 18.5 Å². The molecule has 2 fully saturated rings. The van der Waals surface area contributed by atoms with Crippen molar-refractivity contribution in [1.29, 1.82) is 0 Å². The zero-order valence-corrected chi connectivity index (χ0v) is 25.4. The fourth-order valence-electron chi connectivity index (χ4n) is 5.27. The third-order valence-electron chi connectivity index (χ3n) is 8.50. The summed E-state index contributed by atoms with van der Waals surface area (Å²) in [4.78, 5) is 65.9. The molecule has 0 aromatic carbocycles. The van der Waals surface area contributed by atoms with Crippen LogP contribution in [0.15, 0.2) is 0 Å². The third-order valence-corrected chi connectivity index (χ3v) is 8.79. The van der Waals surface area contributed by atoms with E-state index in [1.807, 2.05) is 34.6 Å². The summed E-state index contributed by atoms with van der Waals surface area (Å²) in [6.07, 6.45) is 4.98. The van der Waals surface area contributed by atoms with E-state index in [2.05, 4.69) is 16.0 Å². The van der Waals surface area contributed by atoms with Gasteiger partial charge in [-0.05, 0) is 43.4 Å². The Labute approximate surface area is 242 Å². The molecule has 2 rings (SSSR count). The monoisotopic (exact) mass is 585 g/mol. The molecule has 1 aliphatic carbocycles. The molecule has 0 aromatic heterocycles. The highest BCUT2D eigenvalue weighted by Crippen LogP contribution is 2.35. The Bertz CT molecular complexity index is 935. The number of alkyl halides is 1. The number of Topliss-reactive ketones (excluding diaryl/α,β-unsaturated/α-hetero) is 1. The molecule has 0 radical (unpaired) electrons. The quantitative estimate of drug-likeness (QED) is 0.163. The van der Waals surface area contributed by atoms with Crippen LogP contribution < -0.4 is 21.7 Å². The lowest BCUT2D eigenvalue weighted by molar-refractivity contribution is -0.143. The number of nitrogens with two attached hydrogens (primary N) is 1. The van der Waals surface area contributed by atoms with E-state index in [1.54, 1.807) is 6.92 Å². The van der Waals surface area contributed by atoms with Crippen LogP contribution in [0, 0.1) is 23.2 Å². The summed E-state index contributed by atoms with van der Waals surface area (Å²) in [5.74, 6) is -4.01. The van der Waals surface area contributed by atoms with Gasteiger partial charge < -0.3 is 31.7 Å². The molecule has 7 atom stereocenters. The number of nitrogens with zero attached hydrogens (tertiary/aromatic N) is 1. The second-order valence-electron chi connectivity index (χ2n) is 12.6. The second-order valence-corrected chi connectivity index (χ2v) is 13.0. The molecule has 0 spiro atoms. The molecule has 1 aliphatic heterocycles. The molecule has 40 heavy (non-hydrogen) atoms. The average Bonchev–Trinajstić information content (AvgIpc) is 3.17. The van der Waals surface area contributed by atoms with E-state index in [0.717, 1.165) is 19.3 Å². The lowest BCUT2D eigenvalue weighted by Gasteiger charge is -2.33. The Kier molecular flexibility index (Phi) is 12.2. The molecule has 12 heteroatoms. The second kappa shape index (κ2) is 14.5. The summed E-state index contributed by atoms with van der Waals surface area (Å²) in [5, 5.41) is 18.6. The smallest absolute Gasteiger partial charge is 0.315 e. The van der Waals surface area contributed by atoms with Crippen LogP contribution in [-0.4, -0.2) is 75.8 Å². The van der Waals surface area contributed by atoms with E-state index in [4.69, 9.17) is 17.3 Å². The zero-order valence-electron chi connectivity index (χ0n) is 24.7. The first kappa shape index (κ1) is 33.8. The van der Waals surface area contributed by atoms with Crippen molar-refractivity contribution in [2.24, 2.45) is 28.9 Å². The minimum absolute atomic E-state index is 0.115. The number of likely N-dealkylation sites (tertiary alicyclic amines) is 1. The maximum atomic E-state index is 13.8. The van der Waals surface area contributed by atoms with Gasteiger partial charge in [0.05, 0.1) is 6.04 Å². The number of nitrogens with one attached hydrogen (secondary N) is 3. The van der Waals surface area contributed by atoms with Gasteiger partial charge in [0.25, 0.3) is 5.91 Å². The van der Waals surface area contributed by atoms with Crippen LogP contribution in [0.2, 0.25) is 0 Å². The predicted molar refractivity (Wildman–Crippen MR) is 152 cm³/mol. The standard InChI is InChI=1S/C28H48ClN5O6/c1-7-9-19(33-27(40)31-16(3)28(4,5)6)26(39)34-14-15(2)20(23(29)36)21(34)25(38)32-18(22(35)24(30)37)13-12-17-10-8-11-17/h15-21,23,36H,7-14H2,1-6H3,(H2,30,37)(H,32,38)(H2,31,33,40). The van der Waals surface area contributed by atoms with Crippen molar-refractivity contribution in [1.82, 2.24) is 20.9 Å². The minimum atomic E-state index is -1.45. The van der Waals surface area contributed by atoms with Crippen molar-refractivity contribution < 1.29 is 29.1 Å². The van der Waals surface area contributed by atoms with E-state index in [-0.39, 0.29) is 30.3 Å². The van der Waals surface area contributed by atoms with E-state index >= 15 is 0 Å². The fraction of sp³-hybridized carbons (Fsp3) is 0.821. The van der Waals surface area contributed by atoms with Crippen LogP contribution in [0.5, 0.6) is 0 Å². The summed E-state index contributed by atoms with van der Waals surface area (Å²) in [6.45, 7) is 11.6. The zero-order chi connectivity index (χ0) is 30.4. The lowest BCUT2D eigenvalue weighted by atomic mass is 9.81. The molecule has 1 heterocycles. The topological polar surface area (TPSA) is 171 Å². The van der Waals surface area contributed by atoms with Crippen LogP contribution in [0.3, 0.4) is 0 Å². The van der Waals surface area contributed by atoms with Crippen molar-refractivity contribution in [2.75, 3.05) is 6.54 Å². The van der Waals surface area contributed by atoms with E-state index < -0.39 is 59.1 Å². The molecular weight excluding hydrogens is 538 g/mol. The van der Waals surface area contributed by atoms with Gasteiger partial charge in [-0.25, -0.2) is 4.79 Å². The number of halogens is 1. The Morgan fingerprint density at radius 3 is 2.15 bits per heavy atom. The van der Waals surface area contributed by atoms with Gasteiger partial charge in [0.1, 0.15) is 17.6 Å². The number of urea groups is 1. The van der Waals surface area contributed by atoms with Gasteiger partial charge in [-0.1, -0.05) is 71.9 Å². The van der Waals surface area contributed by atoms with E-state index in [1.165, 1.54) is 4.90 Å². The maximum Gasteiger partial charge on any atom is 0.315 e. The number of carbonyl (C=O) groups excluding carboxylic acids is 5. The summed E-state index contributed by atoms with van der Waals surface area (Å²) >= 11 is 6.11. The Balaban J connectivity index is 2.27. The Morgan fingerprint density at radius 2 is 1.68 bits per heavy atom. The van der Waals surface area contributed by atoms with Gasteiger partial charge in [-0.3, -0.25) is 19.2 Å². The molecule has 228 valence electrons. The molecule has 1 saturated heterocycles. The minimum Gasteiger partial charge on any atom is -0.377 e. The van der Waals surface area contributed by atoms with E-state index in [0.29, 0.717) is 25.2 Å². The first-order chi connectivity index (χ1) is 18.6. The van der Waals surface area contributed by atoms with Crippen LogP contribution >= 0.6 is 11.6 Å². The SMILES string of the molecule is CCCC(NC(=O)NC(C)C(C)(C)C)C(=O)N1CC(C)C(C(O)Cl)C1C(=O)NC(CCC1CCC1)C(=O)C(N)=O. The molecule has 11 nitrogen and oxygen atoms in total. The normalized spacial score (nSPS) is 24.3. The first-order valence-corrected chi connectivity index (χ1v) is 14.9. The number of amides is 5. The summed E-state index contributed by atoms with van der Waals surface area (Å²) < 4.78 is 0. The number of hydrogen-bond acceptors (Lipinski definition) is 6. The van der Waals surface area contributed by atoms with Gasteiger partial charge in [0.2, 0.25) is 17.6 Å². The van der Waals surface area contributed by atoms with Crippen molar-refractivity contribution in [3.63, 3.8) is 0 Å². The first-order valence-electron chi connectivity index (χ1n) is 14.4. The van der Waals surface area contributed by atoms with Crippen molar-refractivity contribution >= 4 is 41.1 Å². The highest BCUT2D eigenvalue weighted by Gasteiger charge is 2.50. The number of aliphatic hydroxyl groups is 1. The molecule has 5 amide bonds. The highest BCUT2D eigenvalue weighted by molar-refractivity contribution is 6.37. The van der Waals surface area contributed by atoms with Gasteiger partial charge in [-0.2, -0.15) is 0 Å².